The van der Waals surface area contributed by atoms with Crippen molar-refractivity contribution in [2.24, 2.45) is 5.92 Å². The van der Waals surface area contributed by atoms with E-state index in [1.165, 1.54) is 148 Å². The van der Waals surface area contributed by atoms with Gasteiger partial charge in [-0.2, -0.15) is 0 Å². The lowest BCUT2D eigenvalue weighted by Crippen LogP contribution is -2.65. The minimum absolute atomic E-state index is 0.256. The Morgan fingerprint density at radius 3 is 1.45 bits per heavy atom. The number of ether oxygens (including phenoxy) is 2. The van der Waals surface area contributed by atoms with Gasteiger partial charge < -0.3 is 45.6 Å². The lowest BCUT2D eigenvalue weighted by Gasteiger charge is -2.42. The van der Waals surface area contributed by atoms with E-state index < -0.39 is 61.4 Å². The first-order chi connectivity index (χ1) is 29.0. The van der Waals surface area contributed by atoms with E-state index in [-0.39, 0.29) is 18.9 Å². The van der Waals surface area contributed by atoms with Gasteiger partial charge in [0.15, 0.2) is 6.29 Å². The normalized spacial score (nSPS) is 20.9. The first-order valence-corrected chi connectivity index (χ1v) is 25.2. The van der Waals surface area contributed by atoms with E-state index in [4.69, 9.17) is 9.47 Å². The Morgan fingerprint density at radius 1 is 0.617 bits per heavy atom. The Morgan fingerprint density at radius 2 is 1.03 bits per heavy atom. The van der Waals surface area contributed by atoms with E-state index in [9.17, 15) is 35.1 Å². The molecule has 7 N–H and O–H groups in total. The Kier molecular flexibility index (Phi) is 36.0. The summed E-state index contributed by atoms with van der Waals surface area (Å²) in [6.45, 7) is 7.21. The number of unbranched alkanes of at least 4 members (excludes halogenated alkanes) is 27. The standard InChI is InChI=1S/C49H96N2O9/c1-5-6-7-8-9-10-11-12-13-14-15-16-17-18-19-24-27-30-33-36-44(55)51-41(38-59-49-45(50-40(4)53)48(58)47(57)43(37-52)60-49)46(56)42(54)35-32-29-26-23-21-20-22-25-28-31-34-39(2)3/h39,41-43,45-49,52,54,56-58H,5-38H2,1-4H3,(H,50,53)(H,51,55)/t41-,42-,43-,45+,46-,47+,48-,49+/m1/s1. The zero-order chi connectivity index (χ0) is 44.2. The maximum absolute atomic E-state index is 13.1. The molecule has 0 aliphatic carbocycles. The number of hydrogen-bond donors (Lipinski definition) is 7. The van der Waals surface area contributed by atoms with E-state index >= 15 is 0 Å². The summed E-state index contributed by atoms with van der Waals surface area (Å²) >= 11 is 0. The molecule has 0 bridgehead atoms. The van der Waals surface area contributed by atoms with Crippen molar-refractivity contribution in [3.05, 3.63) is 0 Å². The molecule has 0 saturated carbocycles. The maximum Gasteiger partial charge on any atom is 0.220 e. The van der Waals surface area contributed by atoms with Gasteiger partial charge in [0.25, 0.3) is 0 Å². The minimum atomic E-state index is -1.49. The molecule has 356 valence electrons. The molecule has 2 amide bonds. The van der Waals surface area contributed by atoms with Crippen LogP contribution in [-0.4, -0.2) is 99.5 Å². The number of rotatable bonds is 41. The molecular weight excluding hydrogens is 761 g/mol. The van der Waals surface area contributed by atoms with Crippen molar-refractivity contribution in [1.82, 2.24) is 10.6 Å². The van der Waals surface area contributed by atoms with Gasteiger partial charge >= 0.3 is 0 Å². The first-order valence-electron chi connectivity index (χ1n) is 25.2. The Labute approximate surface area is 367 Å². The molecule has 0 spiro atoms. The number of amides is 2. The number of carbonyl (C=O) groups excluding carboxylic acids is 2. The van der Waals surface area contributed by atoms with Crippen LogP contribution < -0.4 is 10.6 Å². The molecule has 1 aliphatic rings. The van der Waals surface area contributed by atoms with Gasteiger partial charge in [0.1, 0.15) is 30.5 Å². The van der Waals surface area contributed by atoms with Crippen molar-refractivity contribution in [3.63, 3.8) is 0 Å². The lowest BCUT2D eigenvalue weighted by atomic mass is 9.96. The number of hydrogen-bond acceptors (Lipinski definition) is 9. The zero-order valence-electron chi connectivity index (χ0n) is 39.1. The molecule has 11 heteroatoms. The molecule has 8 atom stereocenters. The van der Waals surface area contributed by atoms with Gasteiger partial charge in [-0.25, -0.2) is 0 Å². The SMILES string of the molecule is CCCCCCCCCCCCCCCCCCCCCC(=O)N[C@H](CO[C@H]1O[C@H](CO)[C@H](O)[C@H](O)[C@@H]1NC(C)=O)[C@@H](O)[C@H](O)CCCCCCCCCCCCC(C)C. The zero-order valence-corrected chi connectivity index (χ0v) is 39.1. The van der Waals surface area contributed by atoms with Crippen LogP contribution in [0.25, 0.3) is 0 Å². The highest BCUT2D eigenvalue weighted by Crippen LogP contribution is 2.24. The van der Waals surface area contributed by atoms with Crippen LogP contribution in [0.5, 0.6) is 0 Å². The van der Waals surface area contributed by atoms with Crippen molar-refractivity contribution in [1.29, 1.82) is 0 Å². The molecule has 0 radical (unpaired) electrons. The van der Waals surface area contributed by atoms with Gasteiger partial charge in [-0.15, -0.1) is 0 Å². The fraction of sp³-hybridized carbons (Fsp3) is 0.959. The highest BCUT2D eigenvalue weighted by Gasteiger charge is 2.46. The van der Waals surface area contributed by atoms with Crippen molar-refractivity contribution in [2.75, 3.05) is 13.2 Å². The van der Waals surface area contributed by atoms with Gasteiger partial charge in [0.2, 0.25) is 11.8 Å². The predicted octanol–water partition coefficient (Wildman–Crippen LogP) is 9.31. The van der Waals surface area contributed by atoms with E-state index in [0.29, 0.717) is 12.8 Å². The van der Waals surface area contributed by atoms with Gasteiger partial charge in [-0.1, -0.05) is 207 Å². The molecule has 11 nitrogen and oxygen atoms in total. The summed E-state index contributed by atoms with van der Waals surface area (Å²) in [6, 6.07) is -2.15. The van der Waals surface area contributed by atoms with E-state index in [1.807, 2.05) is 0 Å². The lowest BCUT2D eigenvalue weighted by molar-refractivity contribution is -0.272. The van der Waals surface area contributed by atoms with Crippen LogP contribution in [0.4, 0.5) is 0 Å². The molecule has 1 aliphatic heterocycles. The van der Waals surface area contributed by atoms with Gasteiger partial charge in [-0.3, -0.25) is 9.59 Å². The Bertz CT molecular complexity index is 1000. The monoisotopic (exact) mass is 857 g/mol. The quantitative estimate of drug-likeness (QED) is 0.0295. The van der Waals surface area contributed by atoms with E-state index in [2.05, 4.69) is 31.4 Å². The molecule has 0 unspecified atom stereocenters. The van der Waals surface area contributed by atoms with Crippen LogP contribution in [0, 0.1) is 5.92 Å². The fourth-order valence-electron chi connectivity index (χ4n) is 8.44. The molecule has 1 heterocycles. The summed E-state index contributed by atoms with van der Waals surface area (Å²) in [7, 11) is 0. The van der Waals surface area contributed by atoms with Gasteiger partial charge in [-0.05, 0) is 18.8 Å². The van der Waals surface area contributed by atoms with E-state index in [0.717, 1.165) is 50.9 Å². The smallest absolute Gasteiger partial charge is 0.220 e. The maximum atomic E-state index is 13.1. The number of carbonyl (C=O) groups is 2. The Hall–Kier alpha value is -1.34. The fourth-order valence-corrected chi connectivity index (χ4v) is 8.44. The van der Waals surface area contributed by atoms with Gasteiger partial charge in [0, 0.05) is 13.3 Å². The summed E-state index contributed by atoms with van der Waals surface area (Å²) in [5, 5.41) is 58.6. The largest absolute Gasteiger partial charge is 0.394 e. The summed E-state index contributed by atoms with van der Waals surface area (Å²) < 4.78 is 11.6. The minimum Gasteiger partial charge on any atom is -0.394 e. The van der Waals surface area contributed by atoms with Crippen molar-refractivity contribution >= 4 is 11.8 Å². The number of nitrogens with one attached hydrogen (secondary N) is 2. The molecule has 0 aromatic rings. The van der Waals surface area contributed by atoms with Crippen LogP contribution in [0.1, 0.15) is 233 Å². The van der Waals surface area contributed by atoms with Gasteiger partial charge in [0.05, 0.1) is 25.4 Å². The molecule has 0 aromatic carbocycles. The van der Waals surface area contributed by atoms with Crippen molar-refractivity contribution < 1.29 is 44.6 Å². The second-order valence-electron chi connectivity index (χ2n) is 18.6. The highest BCUT2D eigenvalue weighted by molar-refractivity contribution is 5.76. The average molecular weight is 857 g/mol. The Balaban J connectivity index is 2.47. The number of aliphatic hydroxyl groups is 5. The van der Waals surface area contributed by atoms with Crippen molar-refractivity contribution in [3.8, 4) is 0 Å². The second kappa shape index (κ2) is 38.1. The molecule has 1 saturated heterocycles. The third-order valence-electron chi connectivity index (χ3n) is 12.4. The highest BCUT2D eigenvalue weighted by atomic mass is 16.7. The van der Waals surface area contributed by atoms with Crippen LogP contribution in [0.2, 0.25) is 0 Å². The van der Waals surface area contributed by atoms with Crippen LogP contribution >= 0.6 is 0 Å². The van der Waals surface area contributed by atoms with Crippen LogP contribution in [0.15, 0.2) is 0 Å². The second-order valence-corrected chi connectivity index (χ2v) is 18.6. The van der Waals surface area contributed by atoms with Crippen molar-refractivity contribution in [2.45, 2.75) is 282 Å². The first kappa shape index (κ1) is 56.7. The summed E-state index contributed by atoms with van der Waals surface area (Å²) in [5.74, 6) is 0.0449. The molecule has 1 rings (SSSR count). The summed E-state index contributed by atoms with van der Waals surface area (Å²) in [6.07, 6.45) is 30.0. The van der Waals surface area contributed by atoms with E-state index in [1.54, 1.807) is 0 Å². The van der Waals surface area contributed by atoms with Crippen LogP contribution in [0.3, 0.4) is 0 Å². The summed E-state index contributed by atoms with van der Waals surface area (Å²) in [4.78, 5) is 25.1. The molecule has 1 fully saturated rings. The predicted molar refractivity (Wildman–Crippen MR) is 244 cm³/mol. The summed E-state index contributed by atoms with van der Waals surface area (Å²) in [5.41, 5.74) is 0. The third-order valence-corrected chi connectivity index (χ3v) is 12.4. The average Bonchev–Trinajstić information content (AvgIpc) is 3.22. The molecule has 0 aromatic heterocycles. The van der Waals surface area contributed by atoms with Crippen LogP contribution in [-0.2, 0) is 19.1 Å². The number of aliphatic hydroxyl groups excluding tert-OH is 5. The third kappa shape index (κ3) is 29.1. The topological polar surface area (TPSA) is 178 Å². The molecule has 60 heavy (non-hydrogen) atoms. The molecular formula is C49H96N2O9.